The maximum Gasteiger partial charge on any atom is 0.254 e. The average molecular weight is 563 g/mol. The highest BCUT2D eigenvalue weighted by Crippen LogP contribution is 2.40. The zero-order chi connectivity index (χ0) is 28.5. The van der Waals surface area contributed by atoms with E-state index in [1.54, 1.807) is 19.2 Å². The normalized spacial score (nSPS) is 19.7. The van der Waals surface area contributed by atoms with E-state index in [1.807, 2.05) is 37.4 Å². The standard InChI is InChI=1S/C33H34N6O3/c1-37-30-26(14-22(16-28(30)42-2)33(41)38-18-20-5-9-24(38)13-20)35-32(37)27-15-21-6-12-29(34-23-7-10-25(40)11-8-23)36-31(21)39(27)17-19-3-4-19/h6-8,10-12,14-16,19-20,24,40H,3-5,9,13,17-18H2,1-2H3,(H,34,36). The molecule has 0 spiro atoms. The fraction of sp³-hybridized carbons (Fsp3) is 0.364. The molecule has 5 aromatic rings. The van der Waals surface area contributed by atoms with E-state index in [2.05, 4.69) is 31.5 Å². The Kier molecular flexibility index (Phi) is 5.70. The number of aryl methyl sites for hydroxylation is 1. The summed E-state index contributed by atoms with van der Waals surface area (Å²) in [4.78, 5) is 25.8. The number of nitrogens with zero attached hydrogens (tertiary/aromatic N) is 5. The van der Waals surface area contributed by atoms with E-state index in [0.717, 1.165) is 71.0 Å². The lowest BCUT2D eigenvalue weighted by molar-refractivity contribution is 0.0703. The molecule has 2 aromatic carbocycles. The molecule has 4 heterocycles. The molecule has 9 heteroatoms. The monoisotopic (exact) mass is 562 g/mol. The van der Waals surface area contributed by atoms with Crippen LogP contribution in [0.2, 0.25) is 0 Å². The number of phenols is 1. The number of rotatable bonds is 7. The topological polar surface area (TPSA) is 97.4 Å². The minimum absolute atomic E-state index is 0.0790. The molecule has 1 saturated heterocycles. The molecule has 2 aliphatic carbocycles. The molecule has 3 aliphatic rings. The van der Waals surface area contributed by atoms with Crippen LogP contribution in [0.15, 0.2) is 54.6 Å². The number of hydrogen-bond donors (Lipinski definition) is 2. The van der Waals surface area contributed by atoms with Crippen LogP contribution < -0.4 is 10.1 Å². The number of ether oxygens (including phenoxy) is 1. The Morgan fingerprint density at radius 2 is 1.88 bits per heavy atom. The van der Waals surface area contributed by atoms with Gasteiger partial charge in [-0.1, -0.05) is 0 Å². The molecule has 2 N–H and O–H groups in total. The summed E-state index contributed by atoms with van der Waals surface area (Å²) < 4.78 is 10.2. The van der Waals surface area contributed by atoms with Crippen molar-refractivity contribution in [1.82, 2.24) is 24.0 Å². The van der Waals surface area contributed by atoms with Crippen LogP contribution in [0.1, 0.15) is 42.5 Å². The maximum atomic E-state index is 13.6. The molecule has 8 rings (SSSR count). The predicted molar refractivity (Wildman–Crippen MR) is 162 cm³/mol. The zero-order valence-electron chi connectivity index (χ0n) is 23.9. The Morgan fingerprint density at radius 3 is 2.60 bits per heavy atom. The van der Waals surface area contributed by atoms with Crippen molar-refractivity contribution in [1.29, 1.82) is 0 Å². The fourth-order valence-electron chi connectivity index (χ4n) is 6.98. The van der Waals surface area contributed by atoms with Gasteiger partial charge in [0.2, 0.25) is 0 Å². The highest BCUT2D eigenvalue weighted by molar-refractivity contribution is 6.00. The average Bonchev–Trinajstić information content (AvgIpc) is 3.29. The molecule has 1 amide bonds. The molecular formula is C33H34N6O3. The van der Waals surface area contributed by atoms with Crippen LogP contribution in [0, 0.1) is 11.8 Å². The first-order chi connectivity index (χ1) is 20.4. The number of anilines is 2. The Hall–Kier alpha value is -4.53. The summed E-state index contributed by atoms with van der Waals surface area (Å²) in [5.41, 5.74) is 5.02. The van der Waals surface area contributed by atoms with E-state index in [9.17, 15) is 9.90 Å². The number of phenolic OH excluding ortho intramolecular Hbond substituents is 1. The Balaban J connectivity index is 1.21. The van der Waals surface area contributed by atoms with Crippen molar-refractivity contribution < 1.29 is 14.6 Å². The summed E-state index contributed by atoms with van der Waals surface area (Å²) in [6, 6.07) is 17.4. The van der Waals surface area contributed by atoms with Crippen molar-refractivity contribution >= 4 is 39.5 Å². The molecule has 2 saturated carbocycles. The van der Waals surface area contributed by atoms with Crippen LogP contribution in [-0.4, -0.2) is 54.7 Å². The second kappa shape index (κ2) is 9.51. The summed E-state index contributed by atoms with van der Waals surface area (Å²) in [6.45, 7) is 1.73. The van der Waals surface area contributed by atoms with Crippen molar-refractivity contribution in [3.63, 3.8) is 0 Å². The maximum absolute atomic E-state index is 13.6. The molecule has 9 nitrogen and oxygen atoms in total. The first-order valence-corrected chi connectivity index (χ1v) is 14.9. The molecule has 214 valence electrons. The lowest BCUT2D eigenvalue weighted by atomic mass is 10.1. The largest absolute Gasteiger partial charge is 0.508 e. The number of aromatic nitrogens is 4. The Labute approximate surface area is 243 Å². The molecule has 1 aliphatic heterocycles. The van der Waals surface area contributed by atoms with Crippen LogP contribution in [0.5, 0.6) is 11.5 Å². The number of methoxy groups -OCH3 is 1. The number of likely N-dealkylation sites (tertiary alicyclic amines) is 1. The molecule has 3 fully saturated rings. The van der Waals surface area contributed by atoms with Crippen molar-refractivity contribution in [3.8, 4) is 23.0 Å². The van der Waals surface area contributed by atoms with Crippen molar-refractivity contribution in [2.45, 2.75) is 44.7 Å². The summed E-state index contributed by atoms with van der Waals surface area (Å²) in [6.07, 6.45) is 5.90. The number of imidazole rings is 1. The van der Waals surface area contributed by atoms with Gasteiger partial charge in [-0.25, -0.2) is 9.97 Å². The number of aromatic hydroxyl groups is 1. The van der Waals surface area contributed by atoms with Crippen LogP contribution >= 0.6 is 0 Å². The first-order valence-electron chi connectivity index (χ1n) is 14.9. The second-order valence-corrected chi connectivity index (χ2v) is 12.2. The predicted octanol–water partition coefficient (Wildman–Crippen LogP) is 6.08. The molecule has 3 aromatic heterocycles. The number of benzene rings is 2. The van der Waals surface area contributed by atoms with Gasteiger partial charge >= 0.3 is 0 Å². The van der Waals surface area contributed by atoms with E-state index in [4.69, 9.17) is 14.7 Å². The highest BCUT2D eigenvalue weighted by atomic mass is 16.5. The van der Waals surface area contributed by atoms with Gasteiger partial charge in [0.15, 0.2) is 5.82 Å². The van der Waals surface area contributed by atoms with Gasteiger partial charge in [-0.05, 0) is 98.5 Å². The smallest absolute Gasteiger partial charge is 0.254 e. The summed E-state index contributed by atoms with van der Waals surface area (Å²) in [5, 5.41) is 14.0. The second-order valence-electron chi connectivity index (χ2n) is 12.2. The van der Waals surface area contributed by atoms with E-state index in [0.29, 0.717) is 29.2 Å². The van der Waals surface area contributed by atoms with E-state index >= 15 is 0 Å². The molecule has 2 bridgehead atoms. The third-order valence-corrected chi connectivity index (χ3v) is 9.32. The van der Waals surface area contributed by atoms with Crippen LogP contribution in [0.25, 0.3) is 33.6 Å². The summed E-state index contributed by atoms with van der Waals surface area (Å²) in [7, 11) is 3.67. The number of carbonyl (C=O) groups is 1. The number of nitrogens with one attached hydrogen (secondary N) is 1. The van der Waals surface area contributed by atoms with E-state index in [-0.39, 0.29) is 11.7 Å². The summed E-state index contributed by atoms with van der Waals surface area (Å²) >= 11 is 0. The van der Waals surface area contributed by atoms with Crippen molar-refractivity contribution in [2.24, 2.45) is 18.9 Å². The SMILES string of the molecule is COc1cc(C(=O)N2CC3CCC2C3)cc2nc(-c3cc4ccc(Nc5ccc(O)cc5)nc4n3CC3CC3)n(C)c12. The number of fused-ring (bicyclic) bond motifs is 4. The third kappa shape index (κ3) is 4.18. The van der Waals surface area contributed by atoms with Gasteiger partial charge in [0, 0.05) is 42.8 Å². The van der Waals surface area contributed by atoms with E-state index < -0.39 is 0 Å². The third-order valence-electron chi connectivity index (χ3n) is 9.32. The highest BCUT2D eigenvalue weighted by Gasteiger charge is 2.40. The fourth-order valence-corrected chi connectivity index (χ4v) is 6.98. The number of carbonyl (C=O) groups excluding carboxylic acids is 1. The minimum Gasteiger partial charge on any atom is -0.508 e. The van der Waals surface area contributed by atoms with Gasteiger partial charge in [-0.2, -0.15) is 0 Å². The quantitative estimate of drug-likeness (QED) is 0.233. The lowest BCUT2D eigenvalue weighted by Gasteiger charge is -2.27. The molecule has 0 radical (unpaired) electrons. The van der Waals surface area contributed by atoms with Gasteiger partial charge in [0.1, 0.15) is 28.5 Å². The van der Waals surface area contributed by atoms with Crippen molar-refractivity contribution in [3.05, 3.63) is 60.2 Å². The van der Waals surface area contributed by atoms with Crippen LogP contribution in [0.3, 0.4) is 0 Å². The molecule has 42 heavy (non-hydrogen) atoms. The molecule has 2 unspecified atom stereocenters. The van der Waals surface area contributed by atoms with Gasteiger partial charge in [0.25, 0.3) is 5.91 Å². The Morgan fingerprint density at radius 1 is 1.05 bits per heavy atom. The molecular weight excluding hydrogens is 528 g/mol. The minimum atomic E-state index is 0.0790. The van der Waals surface area contributed by atoms with Gasteiger partial charge in [-0.15, -0.1) is 0 Å². The van der Waals surface area contributed by atoms with E-state index in [1.165, 1.54) is 19.3 Å². The van der Waals surface area contributed by atoms with Crippen LogP contribution in [0.4, 0.5) is 11.5 Å². The number of amides is 1. The van der Waals surface area contributed by atoms with Gasteiger partial charge < -0.3 is 29.2 Å². The Bertz CT molecular complexity index is 1850. The van der Waals surface area contributed by atoms with Crippen molar-refractivity contribution in [2.75, 3.05) is 19.0 Å². The lowest BCUT2D eigenvalue weighted by Crippen LogP contribution is -2.37. The number of hydrogen-bond acceptors (Lipinski definition) is 6. The number of piperidine rings is 1. The van der Waals surface area contributed by atoms with Crippen LogP contribution in [-0.2, 0) is 13.6 Å². The van der Waals surface area contributed by atoms with Gasteiger partial charge in [-0.3, -0.25) is 4.79 Å². The first kappa shape index (κ1) is 25.2. The van der Waals surface area contributed by atoms with Gasteiger partial charge in [0.05, 0.1) is 18.3 Å². The summed E-state index contributed by atoms with van der Waals surface area (Å²) in [5.74, 6) is 3.79. The zero-order valence-corrected chi connectivity index (χ0v) is 23.9. The molecule has 2 atom stereocenters. The number of pyridine rings is 1.